The molecule has 0 saturated heterocycles. The Labute approximate surface area is 229 Å². The first-order chi connectivity index (χ1) is 19.3. The zero-order valence-electron chi connectivity index (χ0n) is 21.7. The van der Waals surface area contributed by atoms with E-state index in [2.05, 4.69) is 20.9 Å². The zero-order chi connectivity index (χ0) is 28.3. The molecule has 2 aromatic carbocycles. The van der Waals surface area contributed by atoms with E-state index >= 15 is 0 Å². The van der Waals surface area contributed by atoms with Gasteiger partial charge in [-0.1, -0.05) is 30.3 Å². The van der Waals surface area contributed by atoms with Crippen molar-refractivity contribution in [3.63, 3.8) is 0 Å². The van der Waals surface area contributed by atoms with Gasteiger partial charge in [0, 0.05) is 30.2 Å². The van der Waals surface area contributed by atoms with Gasteiger partial charge < -0.3 is 26.0 Å². The minimum absolute atomic E-state index is 0.432. The Balaban J connectivity index is 1.60. The number of Topliss-reactive ketones (excluding diaryl/α,β-unsaturated/α-hetero) is 1. The summed E-state index contributed by atoms with van der Waals surface area (Å²) in [6.45, 7) is -2.32. The number of aliphatic hydroxyl groups excluding tert-OH is 1. The average Bonchev–Trinajstić information content (AvgIpc) is 3.81. The number of hydrogen-bond acceptors (Lipinski definition) is 7. The van der Waals surface area contributed by atoms with Crippen molar-refractivity contribution in [1.82, 2.24) is 10.3 Å². The molecule has 1 saturated carbocycles. The number of nitrogens with zero attached hydrogens (tertiary/aromatic N) is 3. The highest BCUT2D eigenvalue weighted by Crippen LogP contribution is 2.40. The zero-order valence-corrected chi connectivity index (χ0v) is 21.7. The number of alkyl halides is 2. The molecule has 9 nitrogen and oxygen atoms in total. The predicted molar refractivity (Wildman–Crippen MR) is 149 cm³/mol. The van der Waals surface area contributed by atoms with Crippen molar-refractivity contribution in [3.05, 3.63) is 95.5 Å². The van der Waals surface area contributed by atoms with E-state index in [1.165, 1.54) is 4.90 Å². The second-order valence-electron chi connectivity index (χ2n) is 9.40. The van der Waals surface area contributed by atoms with Crippen molar-refractivity contribution in [3.8, 4) is 0 Å². The van der Waals surface area contributed by atoms with Crippen LogP contribution in [0.4, 0.5) is 30.6 Å². The summed E-state index contributed by atoms with van der Waals surface area (Å²) in [5, 5.41) is 17.8. The number of aliphatic imine (C=N–C) groups is 1. The topological polar surface area (TPSA) is 119 Å². The number of aromatic nitrogens is 1. The van der Waals surface area contributed by atoms with Gasteiger partial charge in [0.25, 0.3) is 0 Å². The van der Waals surface area contributed by atoms with Crippen molar-refractivity contribution >= 4 is 34.6 Å². The monoisotopic (exact) mass is 546 g/mol. The molecule has 1 aliphatic heterocycles. The number of nitrogens with one attached hydrogen (secondary N) is 3. The number of pyridine rings is 1. The molecule has 2 heterocycles. The van der Waals surface area contributed by atoms with E-state index < -0.39 is 37.1 Å². The van der Waals surface area contributed by atoms with E-state index in [0.29, 0.717) is 46.9 Å². The molecule has 1 fully saturated rings. The van der Waals surface area contributed by atoms with E-state index in [9.17, 15) is 18.4 Å². The highest BCUT2D eigenvalue weighted by atomic mass is 19.3. The van der Waals surface area contributed by atoms with Crippen LogP contribution in [0, 0.1) is 0 Å². The standard InChI is InChI=1S/C29H28F2N6O3/c1-32-19-7-6-8-20(15-19)34-28(40)36-27-26(18-12-13-18)37(16-24(39)29(30,31)17-38)23-11-3-2-9-21(23)25(35-27)22-10-4-5-14-33-22/h2-11,14-15,27,32,38H,12-13,16-17H2,1H3,(H2,34,36,40)/t27-/m0/s1. The van der Waals surface area contributed by atoms with E-state index in [0.717, 1.165) is 11.3 Å². The molecule has 1 atom stereocenters. The van der Waals surface area contributed by atoms with Gasteiger partial charge in [-0.15, -0.1) is 0 Å². The molecule has 40 heavy (non-hydrogen) atoms. The molecule has 0 spiro atoms. The van der Waals surface area contributed by atoms with Crippen molar-refractivity contribution in [2.75, 3.05) is 35.7 Å². The van der Waals surface area contributed by atoms with Crippen molar-refractivity contribution in [2.45, 2.75) is 24.9 Å². The summed E-state index contributed by atoms with van der Waals surface area (Å²) in [4.78, 5) is 36.8. The van der Waals surface area contributed by atoms with Crippen molar-refractivity contribution in [2.24, 2.45) is 4.99 Å². The Morgan fingerprint density at radius 1 is 1.05 bits per heavy atom. The lowest BCUT2D eigenvalue weighted by atomic mass is 10.0. The lowest BCUT2D eigenvalue weighted by Gasteiger charge is -2.31. The molecule has 1 aromatic heterocycles. The normalized spacial score (nSPS) is 16.4. The van der Waals surface area contributed by atoms with Gasteiger partial charge in [-0.25, -0.2) is 4.79 Å². The van der Waals surface area contributed by atoms with Gasteiger partial charge in [0.1, 0.15) is 6.61 Å². The number of anilines is 3. The van der Waals surface area contributed by atoms with Gasteiger partial charge in [-0.3, -0.25) is 14.8 Å². The summed E-state index contributed by atoms with van der Waals surface area (Å²) >= 11 is 0. The van der Waals surface area contributed by atoms with Crippen LogP contribution in [0.15, 0.2) is 89.2 Å². The summed E-state index contributed by atoms with van der Waals surface area (Å²) in [6.07, 6.45) is 1.91. The van der Waals surface area contributed by atoms with Gasteiger partial charge in [0.15, 0.2) is 6.17 Å². The molecule has 0 unspecified atom stereocenters. The molecule has 2 aliphatic rings. The lowest BCUT2D eigenvalue weighted by Crippen LogP contribution is -2.46. The third kappa shape index (κ3) is 5.69. The minimum Gasteiger partial charge on any atom is -0.390 e. The molecule has 0 bridgehead atoms. The van der Waals surface area contributed by atoms with Crippen LogP contribution in [0.25, 0.3) is 0 Å². The second-order valence-corrected chi connectivity index (χ2v) is 9.40. The third-order valence-corrected chi connectivity index (χ3v) is 6.61. The fraction of sp³-hybridized carbons (Fsp3) is 0.241. The molecular weight excluding hydrogens is 518 g/mol. The lowest BCUT2D eigenvalue weighted by molar-refractivity contribution is -0.146. The smallest absolute Gasteiger partial charge is 0.329 e. The first-order valence-corrected chi connectivity index (χ1v) is 12.8. The number of benzene rings is 2. The molecule has 0 radical (unpaired) electrons. The van der Waals surface area contributed by atoms with Gasteiger partial charge in [-0.05, 0) is 54.8 Å². The maximum atomic E-state index is 14.3. The average molecular weight is 547 g/mol. The number of aliphatic hydroxyl groups is 1. The SMILES string of the molecule is CNc1cccc(NC(=O)N[C@@H]2N=C(c3ccccn3)c3ccccc3N(CC(=O)C(F)(F)CO)C2=C2CC2)c1. The number of amides is 2. The number of urea groups is 1. The van der Waals surface area contributed by atoms with Crippen LogP contribution in [0.3, 0.4) is 0 Å². The quantitative estimate of drug-likeness (QED) is 0.337. The molecule has 1 aliphatic carbocycles. The summed E-state index contributed by atoms with van der Waals surface area (Å²) in [5.41, 5.74) is 4.63. The molecular formula is C29H28F2N6O3. The summed E-state index contributed by atoms with van der Waals surface area (Å²) in [5.74, 6) is -5.37. The van der Waals surface area contributed by atoms with Crippen LogP contribution in [0.5, 0.6) is 0 Å². The van der Waals surface area contributed by atoms with Gasteiger partial charge in [0.2, 0.25) is 5.78 Å². The summed E-state index contributed by atoms with van der Waals surface area (Å²) in [7, 11) is 1.76. The molecule has 11 heteroatoms. The van der Waals surface area contributed by atoms with Crippen LogP contribution >= 0.6 is 0 Å². The highest BCUT2D eigenvalue weighted by Gasteiger charge is 2.42. The number of benzodiazepines with no additional fused rings is 1. The van der Waals surface area contributed by atoms with E-state index in [4.69, 9.17) is 10.1 Å². The van der Waals surface area contributed by atoms with Crippen molar-refractivity contribution < 1.29 is 23.5 Å². The number of fused-ring (bicyclic) bond motifs is 1. The number of halogens is 2. The van der Waals surface area contributed by atoms with Crippen LogP contribution in [-0.2, 0) is 4.79 Å². The minimum atomic E-state index is -3.93. The number of ketones is 1. The van der Waals surface area contributed by atoms with Crippen LogP contribution in [0.1, 0.15) is 24.1 Å². The molecule has 5 rings (SSSR count). The predicted octanol–water partition coefficient (Wildman–Crippen LogP) is 4.17. The van der Waals surface area contributed by atoms with Crippen LogP contribution in [-0.4, -0.2) is 59.9 Å². The first kappa shape index (κ1) is 26.9. The number of hydrogen-bond donors (Lipinski definition) is 4. The van der Waals surface area contributed by atoms with E-state index in [1.807, 2.05) is 6.07 Å². The summed E-state index contributed by atoms with van der Waals surface area (Å²) < 4.78 is 28.6. The highest BCUT2D eigenvalue weighted by molar-refractivity contribution is 6.16. The molecule has 3 aromatic rings. The Morgan fingerprint density at radius 3 is 2.50 bits per heavy atom. The summed E-state index contributed by atoms with van der Waals surface area (Å²) in [6, 6.07) is 18.9. The Morgan fingerprint density at radius 2 is 1.80 bits per heavy atom. The van der Waals surface area contributed by atoms with Crippen LogP contribution < -0.4 is 20.9 Å². The number of allylic oxidation sites excluding steroid dienone is 1. The number of rotatable bonds is 8. The first-order valence-electron chi connectivity index (χ1n) is 12.8. The Hall–Kier alpha value is -4.64. The molecule has 2 amide bonds. The Kier molecular flexibility index (Phi) is 7.56. The van der Waals surface area contributed by atoms with Crippen LogP contribution in [0.2, 0.25) is 0 Å². The number of para-hydroxylation sites is 1. The maximum absolute atomic E-state index is 14.3. The fourth-order valence-corrected chi connectivity index (χ4v) is 4.52. The fourth-order valence-electron chi connectivity index (χ4n) is 4.52. The third-order valence-electron chi connectivity index (χ3n) is 6.61. The van der Waals surface area contributed by atoms with E-state index in [1.54, 1.807) is 73.9 Å². The van der Waals surface area contributed by atoms with Crippen molar-refractivity contribution in [1.29, 1.82) is 0 Å². The Bertz CT molecular complexity index is 1490. The largest absolute Gasteiger partial charge is 0.390 e. The molecule has 206 valence electrons. The van der Waals surface area contributed by atoms with Gasteiger partial charge >= 0.3 is 12.0 Å². The maximum Gasteiger partial charge on any atom is 0.329 e. The number of carbonyl (C=O) groups excluding carboxylic acids is 2. The second kappa shape index (κ2) is 11.2. The van der Waals surface area contributed by atoms with Gasteiger partial charge in [0.05, 0.1) is 29.3 Å². The van der Waals surface area contributed by atoms with E-state index in [-0.39, 0.29) is 0 Å². The van der Waals surface area contributed by atoms with Gasteiger partial charge in [-0.2, -0.15) is 8.78 Å². The molecule has 4 N–H and O–H groups in total. The number of carbonyl (C=O) groups is 2.